The van der Waals surface area contributed by atoms with Gasteiger partial charge in [0.25, 0.3) is 0 Å². The smallest absolute Gasteiger partial charge is 0.303 e. The van der Waals surface area contributed by atoms with Gasteiger partial charge in [0.15, 0.2) is 0 Å². The fourth-order valence-corrected chi connectivity index (χ4v) is 1.56. The van der Waals surface area contributed by atoms with Crippen molar-refractivity contribution in [2.75, 3.05) is 13.6 Å². The highest BCUT2D eigenvalue weighted by molar-refractivity contribution is 5.78. The van der Waals surface area contributed by atoms with E-state index in [9.17, 15) is 18.4 Å². The fraction of sp³-hybridized carbons (Fsp3) is 0.385. The Kier molecular flexibility index (Phi) is 5.41. The van der Waals surface area contributed by atoms with Crippen molar-refractivity contribution >= 4 is 11.9 Å². The molecule has 19 heavy (non-hydrogen) atoms. The van der Waals surface area contributed by atoms with E-state index in [4.69, 9.17) is 5.11 Å². The molecule has 1 N–H and O–H groups in total. The maximum Gasteiger partial charge on any atom is 0.303 e. The predicted octanol–water partition coefficient (Wildman–Crippen LogP) is 1.83. The topological polar surface area (TPSA) is 57.6 Å². The van der Waals surface area contributed by atoms with Crippen LogP contribution in [0.25, 0.3) is 0 Å². The van der Waals surface area contributed by atoms with Crippen molar-refractivity contribution in [2.24, 2.45) is 0 Å². The third-order valence-electron chi connectivity index (χ3n) is 2.67. The summed E-state index contributed by atoms with van der Waals surface area (Å²) in [4.78, 5) is 23.4. The molecule has 1 amide bonds. The number of carboxylic acids is 1. The molecular weight excluding hydrogens is 256 g/mol. The van der Waals surface area contributed by atoms with Crippen LogP contribution < -0.4 is 0 Å². The molecule has 0 aromatic heterocycles. The van der Waals surface area contributed by atoms with Crippen molar-refractivity contribution in [3.05, 3.63) is 35.4 Å². The minimum Gasteiger partial charge on any atom is -0.481 e. The number of benzene rings is 1. The first kappa shape index (κ1) is 15.1. The van der Waals surface area contributed by atoms with Gasteiger partial charge >= 0.3 is 5.97 Å². The maximum absolute atomic E-state index is 13.3. The average molecular weight is 271 g/mol. The number of carbonyl (C=O) groups excluding carboxylic acids is 1. The zero-order chi connectivity index (χ0) is 14.4. The third-order valence-corrected chi connectivity index (χ3v) is 2.67. The van der Waals surface area contributed by atoms with Gasteiger partial charge in [-0.3, -0.25) is 9.59 Å². The number of rotatable bonds is 6. The summed E-state index contributed by atoms with van der Waals surface area (Å²) < 4.78 is 26.0. The molecule has 0 aliphatic heterocycles. The van der Waals surface area contributed by atoms with Gasteiger partial charge in [0.1, 0.15) is 11.6 Å². The zero-order valence-electron chi connectivity index (χ0n) is 10.5. The normalized spacial score (nSPS) is 10.3. The Bertz CT molecular complexity index is 477. The van der Waals surface area contributed by atoms with Gasteiger partial charge < -0.3 is 10.0 Å². The molecule has 0 atom stereocenters. The van der Waals surface area contributed by atoms with Crippen LogP contribution in [0.4, 0.5) is 8.78 Å². The molecule has 0 unspecified atom stereocenters. The van der Waals surface area contributed by atoms with E-state index in [1.807, 2.05) is 0 Å². The molecule has 0 aliphatic rings. The highest BCUT2D eigenvalue weighted by Gasteiger charge is 2.13. The Hall–Kier alpha value is -1.98. The van der Waals surface area contributed by atoms with E-state index in [-0.39, 0.29) is 30.9 Å². The van der Waals surface area contributed by atoms with E-state index in [2.05, 4.69) is 0 Å². The van der Waals surface area contributed by atoms with Gasteiger partial charge in [-0.05, 0) is 18.1 Å². The van der Waals surface area contributed by atoms with Gasteiger partial charge in [-0.15, -0.1) is 0 Å². The average Bonchev–Trinajstić information content (AvgIpc) is 2.32. The maximum atomic E-state index is 13.3. The van der Waals surface area contributed by atoms with Crippen molar-refractivity contribution < 1.29 is 23.5 Å². The quantitative estimate of drug-likeness (QED) is 0.858. The van der Waals surface area contributed by atoms with Crippen LogP contribution in [0.15, 0.2) is 18.2 Å². The number of carbonyl (C=O) groups is 2. The molecule has 6 heteroatoms. The van der Waals surface area contributed by atoms with Crippen LogP contribution in [-0.4, -0.2) is 35.5 Å². The Morgan fingerprint density at radius 1 is 1.32 bits per heavy atom. The largest absolute Gasteiger partial charge is 0.481 e. The van der Waals surface area contributed by atoms with E-state index in [1.165, 1.54) is 18.0 Å². The van der Waals surface area contributed by atoms with E-state index in [0.717, 1.165) is 12.1 Å². The highest BCUT2D eigenvalue weighted by Crippen LogP contribution is 2.11. The molecule has 1 aromatic carbocycles. The lowest BCUT2D eigenvalue weighted by molar-refractivity contribution is -0.138. The first-order valence-corrected chi connectivity index (χ1v) is 5.80. The van der Waals surface area contributed by atoms with E-state index < -0.39 is 17.6 Å². The van der Waals surface area contributed by atoms with Crippen molar-refractivity contribution in [1.82, 2.24) is 4.90 Å². The Morgan fingerprint density at radius 2 is 2.00 bits per heavy atom. The second kappa shape index (κ2) is 6.82. The lowest BCUT2D eigenvalue weighted by atomic mass is 10.1. The number of amides is 1. The molecule has 0 bridgehead atoms. The van der Waals surface area contributed by atoms with E-state index >= 15 is 0 Å². The minimum atomic E-state index is -0.926. The molecule has 0 aliphatic carbocycles. The summed E-state index contributed by atoms with van der Waals surface area (Å²) in [6.45, 7) is 0.286. The van der Waals surface area contributed by atoms with Crippen molar-refractivity contribution in [3.63, 3.8) is 0 Å². The first-order valence-electron chi connectivity index (χ1n) is 5.80. The van der Waals surface area contributed by atoms with Crippen molar-refractivity contribution in [3.8, 4) is 0 Å². The van der Waals surface area contributed by atoms with Gasteiger partial charge in [0.05, 0.1) is 6.42 Å². The molecule has 0 saturated carbocycles. The lowest BCUT2D eigenvalue weighted by Crippen LogP contribution is -2.29. The standard InChI is InChI=1S/C13H15F2NO3/c1-16(6-2-3-13(18)19)12(17)7-9-4-5-10(14)8-11(9)15/h4-5,8H,2-3,6-7H2,1H3,(H,18,19). The molecular formula is C13H15F2NO3. The molecule has 0 radical (unpaired) electrons. The monoisotopic (exact) mass is 271 g/mol. The molecule has 104 valence electrons. The first-order chi connectivity index (χ1) is 8.90. The number of hydrogen-bond donors (Lipinski definition) is 1. The van der Waals surface area contributed by atoms with Crippen LogP contribution in [0.3, 0.4) is 0 Å². The van der Waals surface area contributed by atoms with Crippen LogP contribution in [0.2, 0.25) is 0 Å². The molecule has 0 saturated heterocycles. The SMILES string of the molecule is CN(CCCC(=O)O)C(=O)Cc1ccc(F)cc1F. The van der Waals surface area contributed by atoms with Crippen LogP contribution in [0, 0.1) is 11.6 Å². The Morgan fingerprint density at radius 3 is 2.58 bits per heavy atom. The van der Waals surface area contributed by atoms with Crippen LogP contribution >= 0.6 is 0 Å². The second-order valence-electron chi connectivity index (χ2n) is 4.23. The minimum absolute atomic E-state index is 0.0253. The number of aliphatic carboxylic acids is 1. The number of nitrogens with zero attached hydrogens (tertiary/aromatic N) is 1. The Balaban J connectivity index is 2.51. The summed E-state index contributed by atoms with van der Waals surface area (Å²) in [6, 6.07) is 3.05. The van der Waals surface area contributed by atoms with E-state index in [1.54, 1.807) is 0 Å². The number of halogens is 2. The van der Waals surface area contributed by atoms with Gasteiger partial charge in [0.2, 0.25) is 5.91 Å². The molecule has 1 rings (SSSR count). The third kappa shape index (κ3) is 5.03. The molecule has 4 nitrogen and oxygen atoms in total. The van der Waals surface area contributed by atoms with Crippen LogP contribution in [-0.2, 0) is 16.0 Å². The van der Waals surface area contributed by atoms with Gasteiger partial charge in [-0.2, -0.15) is 0 Å². The van der Waals surface area contributed by atoms with Gasteiger partial charge in [-0.1, -0.05) is 6.07 Å². The van der Waals surface area contributed by atoms with E-state index in [0.29, 0.717) is 6.42 Å². The molecule has 0 spiro atoms. The Labute approximate surface area is 109 Å². The summed E-state index contributed by atoms with van der Waals surface area (Å²) in [5.41, 5.74) is 0.122. The lowest BCUT2D eigenvalue weighted by Gasteiger charge is -2.16. The summed E-state index contributed by atoms with van der Waals surface area (Å²) in [7, 11) is 1.52. The molecule has 1 aromatic rings. The second-order valence-corrected chi connectivity index (χ2v) is 4.23. The van der Waals surface area contributed by atoms with Crippen molar-refractivity contribution in [1.29, 1.82) is 0 Å². The highest BCUT2D eigenvalue weighted by atomic mass is 19.1. The van der Waals surface area contributed by atoms with Gasteiger partial charge in [-0.25, -0.2) is 8.78 Å². The molecule has 0 heterocycles. The van der Waals surface area contributed by atoms with Gasteiger partial charge in [0, 0.05) is 26.1 Å². The number of carboxylic acid groups (broad SMARTS) is 1. The van der Waals surface area contributed by atoms with Crippen LogP contribution in [0.1, 0.15) is 18.4 Å². The summed E-state index contributed by atoms with van der Waals surface area (Å²) >= 11 is 0. The zero-order valence-corrected chi connectivity index (χ0v) is 10.5. The van der Waals surface area contributed by atoms with Crippen LogP contribution in [0.5, 0.6) is 0 Å². The molecule has 0 fully saturated rings. The fourth-order valence-electron chi connectivity index (χ4n) is 1.56. The predicted molar refractivity (Wildman–Crippen MR) is 64.6 cm³/mol. The van der Waals surface area contributed by atoms with Crippen molar-refractivity contribution in [2.45, 2.75) is 19.3 Å². The number of hydrogen-bond acceptors (Lipinski definition) is 2. The summed E-state index contributed by atoms with van der Waals surface area (Å²) in [5.74, 6) is -2.71. The summed E-state index contributed by atoms with van der Waals surface area (Å²) in [5, 5.41) is 8.47. The number of likely N-dealkylation sites (N-methyl/N-ethyl adjacent to an activating group) is 1. The summed E-state index contributed by atoms with van der Waals surface area (Å²) in [6.07, 6.45) is 0.141.